The van der Waals surface area contributed by atoms with Crippen LogP contribution in [0.1, 0.15) is 25.3 Å². The second kappa shape index (κ2) is 9.29. The van der Waals surface area contributed by atoms with Crippen LogP contribution in [0.15, 0.2) is 46.9 Å². The minimum absolute atomic E-state index is 0.776. The molecule has 0 aliphatic carbocycles. The van der Waals surface area contributed by atoms with Crippen molar-refractivity contribution in [3.8, 4) is 5.75 Å². The predicted octanol–water partition coefficient (Wildman–Crippen LogP) is 4.79. The number of unbranched alkanes of at least 4 members (excludes halogenated alkanes) is 1. The van der Waals surface area contributed by atoms with Crippen LogP contribution in [0.2, 0.25) is 0 Å². The Bertz CT molecular complexity index is 541. The average molecular weight is 351 g/mol. The van der Waals surface area contributed by atoms with E-state index in [1.54, 1.807) is 0 Å². The zero-order chi connectivity index (χ0) is 15.7. The van der Waals surface area contributed by atoms with Crippen molar-refractivity contribution in [2.45, 2.75) is 26.7 Å². The molecule has 0 aliphatic rings. The van der Waals surface area contributed by atoms with Crippen molar-refractivity contribution < 1.29 is 4.74 Å². The summed E-state index contributed by atoms with van der Waals surface area (Å²) in [6.45, 7) is 4.97. The van der Waals surface area contributed by atoms with E-state index in [9.17, 15) is 0 Å². The molecule has 0 fully saturated rings. The van der Waals surface area contributed by atoms with E-state index in [1.165, 1.54) is 5.56 Å². The summed E-state index contributed by atoms with van der Waals surface area (Å²) in [4.78, 5) is 0. The molecule has 0 radical (unpaired) electrons. The Balaban J connectivity index is 0.000000219. The van der Waals surface area contributed by atoms with Crippen molar-refractivity contribution in [3.63, 3.8) is 0 Å². The number of anilines is 2. The normalized spacial score (nSPS) is 9.67. The van der Waals surface area contributed by atoms with Gasteiger partial charge in [-0.1, -0.05) is 35.3 Å². The number of hydrogen-bond donors (Lipinski definition) is 2. The molecule has 0 saturated carbocycles. The predicted molar refractivity (Wildman–Crippen MR) is 94.5 cm³/mol. The average Bonchev–Trinajstić information content (AvgIpc) is 2.46. The molecule has 4 heteroatoms. The lowest BCUT2D eigenvalue weighted by Crippen LogP contribution is -1.96. The van der Waals surface area contributed by atoms with Crippen molar-refractivity contribution in [2.24, 2.45) is 0 Å². The van der Waals surface area contributed by atoms with Gasteiger partial charge >= 0.3 is 0 Å². The smallest absolute Gasteiger partial charge is 0.119 e. The van der Waals surface area contributed by atoms with Crippen LogP contribution < -0.4 is 16.2 Å². The van der Waals surface area contributed by atoms with Gasteiger partial charge in [0.2, 0.25) is 0 Å². The minimum atomic E-state index is 0.776. The van der Waals surface area contributed by atoms with Gasteiger partial charge in [0, 0.05) is 15.8 Å². The van der Waals surface area contributed by atoms with Crippen LogP contribution in [0.4, 0.5) is 11.4 Å². The largest absolute Gasteiger partial charge is 0.494 e. The molecule has 3 nitrogen and oxygen atoms in total. The van der Waals surface area contributed by atoms with Crippen molar-refractivity contribution in [1.29, 1.82) is 0 Å². The first-order chi connectivity index (χ1) is 10.0. The number of nitrogen functional groups attached to an aromatic ring is 2. The van der Waals surface area contributed by atoms with Gasteiger partial charge in [-0.3, -0.25) is 0 Å². The number of rotatable bonds is 4. The fraction of sp³-hybridized carbons (Fsp3) is 0.294. The van der Waals surface area contributed by atoms with E-state index in [-0.39, 0.29) is 0 Å². The molecule has 0 heterocycles. The van der Waals surface area contributed by atoms with E-state index >= 15 is 0 Å². The highest BCUT2D eigenvalue weighted by Gasteiger charge is 1.92. The Morgan fingerprint density at radius 2 is 1.62 bits per heavy atom. The van der Waals surface area contributed by atoms with Gasteiger partial charge < -0.3 is 16.2 Å². The van der Waals surface area contributed by atoms with E-state index in [0.717, 1.165) is 41.0 Å². The molecular formula is C17H23BrN2O. The summed E-state index contributed by atoms with van der Waals surface area (Å²) in [6.07, 6.45) is 2.26. The van der Waals surface area contributed by atoms with Crippen molar-refractivity contribution >= 4 is 27.3 Å². The Hall–Kier alpha value is -1.68. The lowest BCUT2D eigenvalue weighted by Gasteiger charge is -2.04. The number of aryl methyl sites for hydroxylation is 1. The Morgan fingerprint density at radius 3 is 2.14 bits per heavy atom. The summed E-state index contributed by atoms with van der Waals surface area (Å²) >= 11 is 3.37. The summed E-state index contributed by atoms with van der Waals surface area (Å²) in [5.74, 6) is 0.901. The summed E-state index contributed by atoms with van der Waals surface area (Å²) < 4.78 is 6.52. The first-order valence-corrected chi connectivity index (χ1v) is 7.82. The highest BCUT2D eigenvalue weighted by Crippen LogP contribution is 2.18. The molecule has 0 saturated heterocycles. The van der Waals surface area contributed by atoms with Crippen molar-refractivity contribution in [2.75, 3.05) is 18.1 Å². The first-order valence-electron chi connectivity index (χ1n) is 7.03. The third-order valence-electron chi connectivity index (χ3n) is 2.84. The standard InChI is InChI=1S/C10H15NO.C7H8BrN/c1-2-3-8-12-10-6-4-9(11)5-7-10;1-5-2-3-6(9)4-7(5)8/h4-7H,2-3,8,11H2,1H3;2-4H,9H2,1H3. The molecule has 2 aromatic rings. The first kappa shape index (κ1) is 17.4. The molecule has 0 aromatic heterocycles. The molecule has 0 amide bonds. The highest BCUT2D eigenvalue weighted by molar-refractivity contribution is 9.10. The van der Waals surface area contributed by atoms with Gasteiger partial charge in [-0.2, -0.15) is 0 Å². The van der Waals surface area contributed by atoms with E-state index in [1.807, 2.05) is 49.4 Å². The maximum Gasteiger partial charge on any atom is 0.119 e. The molecule has 0 spiro atoms. The molecule has 114 valence electrons. The van der Waals surface area contributed by atoms with Gasteiger partial charge in [0.15, 0.2) is 0 Å². The van der Waals surface area contributed by atoms with Crippen LogP contribution in [0.3, 0.4) is 0 Å². The lowest BCUT2D eigenvalue weighted by atomic mass is 10.2. The molecule has 0 aliphatic heterocycles. The Labute approximate surface area is 135 Å². The minimum Gasteiger partial charge on any atom is -0.494 e. The maximum absolute atomic E-state index is 5.53. The number of hydrogen-bond acceptors (Lipinski definition) is 3. The monoisotopic (exact) mass is 350 g/mol. The van der Waals surface area contributed by atoms with Gasteiger partial charge in [-0.25, -0.2) is 0 Å². The quantitative estimate of drug-likeness (QED) is 0.615. The highest BCUT2D eigenvalue weighted by atomic mass is 79.9. The molecular weight excluding hydrogens is 328 g/mol. The van der Waals surface area contributed by atoms with Crippen molar-refractivity contribution in [1.82, 2.24) is 0 Å². The van der Waals surface area contributed by atoms with Gasteiger partial charge in [-0.15, -0.1) is 0 Å². The van der Waals surface area contributed by atoms with Crippen LogP contribution in [0, 0.1) is 6.92 Å². The molecule has 0 unspecified atom stereocenters. The maximum atomic E-state index is 5.53. The van der Waals surface area contributed by atoms with Gasteiger partial charge in [0.25, 0.3) is 0 Å². The molecule has 4 N–H and O–H groups in total. The summed E-state index contributed by atoms with van der Waals surface area (Å²) in [5, 5.41) is 0. The van der Waals surface area contributed by atoms with Gasteiger partial charge in [-0.05, 0) is 55.3 Å². The Morgan fingerprint density at radius 1 is 1.00 bits per heavy atom. The molecule has 0 atom stereocenters. The van der Waals surface area contributed by atoms with Crippen LogP contribution in [0.5, 0.6) is 5.75 Å². The van der Waals surface area contributed by atoms with E-state index in [4.69, 9.17) is 16.2 Å². The third kappa shape index (κ3) is 7.04. The second-order valence-corrected chi connectivity index (χ2v) is 5.63. The van der Waals surface area contributed by atoms with Crippen LogP contribution in [-0.4, -0.2) is 6.61 Å². The fourth-order valence-electron chi connectivity index (χ4n) is 1.51. The van der Waals surface area contributed by atoms with Gasteiger partial charge in [0.05, 0.1) is 6.61 Å². The second-order valence-electron chi connectivity index (χ2n) is 4.78. The van der Waals surface area contributed by atoms with E-state index in [0.29, 0.717) is 0 Å². The summed E-state index contributed by atoms with van der Waals surface area (Å²) in [5.41, 5.74) is 13.8. The van der Waals surface area contributed by atoms with E-state index in [2.05, 4.69) is 22.9 Å². The topological polar surface area (TPSA) is 61.3 Å². The van der Waals surface area contributed by atoms with Gasteiger partial charge in [0.1, 0.15) is 5.75 Å². The lowest BCUT2D eigenvalue weighted by molar-refractivity contribution is 0.309. The number of halogens is 1. The number of ether oxygens (including phenoxy) is 1. The Kier molecular flexibility index (Phi) is 7.69. The molecule has 2 rings (SSSR count). The van der Waals surface area contributed by atoms with Crippen molar-refractivity contribution in [3.05, 3.63) is 52.5 Å². The summed E-state index contributed by atoms with van der Waals surface area (Å²) in [7, 11) is 0. The summed E-state index contributed by atoms with van der Waals surface area (Å²) in [6, 6.07) is 13.3. The van der Waals surface area contributed by atoms with Crippen LogP contribution in [-0.2, 0) is 0 Å². The third-order valence-corrected chi connectivity index (χ3v) is 3.70. The van der Waals surface area contributed by atoms with Crippen LogP contribution >= 0.6 is 15.9 Å². The number of benzene rings is 2. The fourth-order valence-corrected chi connectivity index (χ4v) is 1.90. The molecule has 21 heavy (non-hydrogen) atoms. The SMILES string of the molecule is CCCCOc1ccc(N)cc1.Cc1ccc(N)cc1Br. The zero-order valence-corrected chi connectivity index (χ0v) is 14.2. The number of nitrogens with two attached hydrogens (primary N) is 2. The van der Waals surface area contributed by atoms with Crippen LogP contribution in [0.25, 0.3) is 0 Å². The molecule has 0 bridgehead atoms. The van der Waals surface area contributed by atoms with E-state index < -0.39 is 0 Å². The zero-order valence-electron chi connectivity index (χ0n) is 12.6. The molecule has 2 aromatic carbocycles.